The number of aromatic nitrogens is 2. The molecule has 1 aromatic heterocycles. The number of hydrogen-bond acceptors (Lipinski definition) is 4. The number of imidazole rings is 1. The third-order valence-electron chi connectivity index (χ3n) is 3.99. The fourth-order valence-corrected chi connectivity index (χ4v) is 4.13. The fourth-order valence-electron chi connectivity index (χ4n) is 2.73. The van der Waals surface area contributed by atoms with E-state index in [-0.39, 0.29) is 5.16 Å². The molecule has 0 spiro atoms. The molecule has 2 aromatic carbocycles. The molecule has 0 saturated carbocycles. The average Bonchev–Trinajstić information content (AvgIpc) is 2.97. The van der Waals surface area contributed by atoms with Crippen LogP contribution in [0.15, 0.2) is 59.9 Å². The largest absolute Gasteiger partial charge is 0.325 e. The van der Waals surface area contributed by atoms with Crippen molar-refractivity contribution in [2.75, 3.05) is 11.1 Å². The lowest BCUT2D eigenvalue weighted by Gasteiger charge is -2.08. The summed E-state index contributed by atoms with van der Waals surface area (Å²) in [4.78, 5) is 16.2. The second-order valence-corrected chi connectivity index (χ2v) is 8.49. The molecule has 0 bridgehead atoms. The van der Waals surface area contributed by atoms with Gasteiger partial charge in [-0.2, -0.15) is 0 Å². The number of sulfone groups is 1. The van der Waals surface area contributed by atoms with Crippen molar-refractivity contribution in [3.63, 3.8) is 0 Å². The fraction of sp³-hybridized carbons (Fsp3) is 0.158. The molecule has 3 aromatic rings. The molecule has 1 N–H and O–H groups in total. The van der Waals surface area contributed by atoms with E-state index in [4.69, 9.17) is 11.6 Å². The second kappa shape index (κ2) is 7.54. The molecule has 0 unspecified atom stereocenters. The molecule has 0 atom stereocenters. The van der Waals surface area contributed by atoms with Crippen LogP contribution >= 0.6 is 11.6 Å². The van der Waals surface area contributed by atoms with Gasteiger partial charge in [0.25, 0.3) is 0 Å². The van der Waals surface area contributed by atoms with Crippen LogP contribution in [0.25, 0.3) is 11.3 Å². The van der Waals surface area contributed by atoms with Gasteiger partial charge in [0.2, 0.25) is 20.9 Å². The van der Waals surface area contributed by atoms with E-state index in [2.05, 4.69) is 10.3 Å². The van der Waals surface area contributed by atoms with E-state index in [9.17, 15) is 13.2 Å². The molecule has 0 fully saturated rings. The van der Waals surface area contributed by atoms with Crippen LogP contribution in [-0.2, 0) is 21.7 Å². The lowest BCUT2D eigenvalue weighted by Crippen LogP contribution is -2.24. The van der Waals surface area contributed by atoms with Crippen LogP contribution in [0, 0.1) is 6.92 Å². The molecule has 27 heavy (non-hydrogen) atoms. The van der Waals surface area contributed by atoms with Gasteiger partial charge >= 0.3 is 0 Å². The molecule has 0 radical (unpaired) electrons. The maximum atomic E-state index is 12.7. The highest BCUT2D eigenvalue weighted by molar-refractivity contribution is 7.92. The molecule has 0 aliphatic heterocycles. The summed E-state index contributed by atoms with van der Waals surface area (Å²) in [5.74, 6) is -1.30. The maximum absolute atomic E-state index is 12.7. The van der Waals surface area contributed by atoms with Gasteiger partial charge in [-0.1, -0.05) is 35.9 Å². The number of amides is 1. The molecular weight excluding hydrogens is 386 g/mol. The maximum Gasteiger partial charge on any atom is 0.240 e. The van der Waals surface area contributed by atoms with Crippen LogP contribution in [0.2, 0.25) is 5.02 Å². The van der Waals surface area contributed by atoms with E-state index in [1.165, 1.54) is 10.8 Å². The summed E-state index contributed by atoms with van der Waals surface area (Å²) in [5.41, 5.74) is 2.91. The third-order valence-corrected chi connectivity index (χ3v) is 5.82. The first-order valence-corrected chi connectivity index (χ1v) is 10.2. The highest BCUT2D eigenvalue weighted by Gasteiger charge is 2.25. The SMILES string of the molecule is Cc1cccc(NC(=O)CS(=O)(=O)c2ncc(-c3ccc(Cl)cc3)n2C)c1. The number of aryl methyl sites for hydroxylation is 1. The van der Waals surface area contributed by atoms with E-state index in [0.717, 1.165) is 11.1 Å². The first-order valence-electron chi connectivity index (χ1n) is 8.13. The van der Waals surface area contributed by atoms with Crippen molar-refractivity contribution in [3.8, 4) is 11.3 Å². The van der Waals surface area contributed by atoms with Gasteiger partial charge in [-0.05, 0) is 42.3 Å². The molecule has 3 rings (SSSR count). The van der Waals surface area contributed by atoms with Crippen molar-refractivity contribution in [2.45, 2.75) is 12.1 Å². The van der Waals surface area contributed by atoms with Crippen LogP contribution in [0.3, 0.4) is 0 Å². The Morgan fingerprint density at radius 3 is 2.56 bits per heavy atom. The van der Waals surface area contributed by atoms with Gasteiger partial charge < -0.3 is 9.88 Å². The zero-order chi connectivity index (χ0) is 19.6. The Kier molecular flexibility index (Phi) is 5.34. The summed E-state index contributed by atoms with van der Waals surface area (Å²) in [6.45, 7) is 1.89. The minimum Gasteiger partial charge on any atom is -0.325 e. The van der Waals surface area contributed by atoms with Crippen molar-refractivity contribution < 1.29 is 13.2 Å². The van der Waals surface area contributed by atoms with E-state index in [0.29, 0.717) is 16.4 Å². The Morgan fingerprint density at radius 1 is 1.19 bits per heavy atom. The Hall–Kier alpha value is -2.64. The molecule has 1 amide bonds. The third kappa shape index (κ3) is 4.37. The topological polar surface area (TPSA) is 81.1 Å². The highest BCUT2D eigenvalue weighted by Crippen LogP contribution is 2.24. The zero-order valence-corrected chi connectivity index (χ0v) is 16.4. The predicted molar refractivity (Wildman–Crippen MR) is 106 cm³/mol. The number of rotatable bonds is 5. The second-order valence-electron chi connectivity index (χ2n) is 6.17. The first kappa shape index (κ1) is 19.1. The van der Waals surface area contributed by atoms with E-state index < -0.39 is 21.5 Å². The van der Waals surface area contributed by atoms with E-state index in [1.54, 1.807) is 49.5 Å². The number of carbonyl (C=O) groups excluding carboxylic acids is 1. The quantitative estimate of drug-likeness (QED) is 0.707. The number of nitrogens with one attached hydrogen (secondary N) is 1. The Balaban J connectivity index is 1.81. The summed E-state index contributed by atoms with van der Waals surface area (Å²) in [5, 5.41) is 3.03. The summed E-state index contributed by atoms with van der Waals surface area (Å²) in [7, 11) is -2.30. The molecule has 0 saturated heterocycles. The molecular formula is C19H18ClN3O3S. The van der Waals surface area contributed by atoms with Gasteiger partial charge in [-0.15, -0.1) is 0 Å². The van der Waals surface area contributed by atoms with Crippen molar-refractivity contribution in [1.82, 2.24) is 9.55 Å². The van der Waals surface area contributed by atoms with Crippen LogP contribution < -0.4 is 5.32 Å². The summed E-state index contributed by atoms with van der Waals surface area (Å²) >= 11 is 5.89. The molecule has 8 heteroatoms. The van der Waals surface area contributed by atoms with Gasteiger partial charge in [0.05, 0.1) is 11.9 Å². The standard InChI is InChI=1S/C19H18ClN3O3S/c1-13-4-3-5-16(10-13)22-18(24)12-27(25,26)19-21-11-17(23(19)2)14-6-8-15(20)9-7-14/h3-11H,12H2,1-2H3,(H,22,24). The number of halogens is 1. The normalized spacial score (nSPS) is 11.4. The van der Waals surface area contributed by atoms with Crippen molar-refractivity contribution in [2.24, 2.45) is 7.05 Å². The number of carbonyl (C=O) groups is 1. The highest BCUT2D eigenvalue weighted by atomic mass is 35.5. The van der Waals surface area contributed by atoms with Gasteiger partial charge in [-0.3, -0.25) is 4.79 Å². The molecule has 0 aliphatic carbocycles. The van der Waals surface area contributed by atoms with Gasteiger partial charge in [0, 0.05) is 17.8 Å². The van der Waals surface area contributed by atoms with Crippen molar-refractivity contribution in [3.05, 3.63) is 65.3 Å². The predicted octanol–water partition coefficient (Wildman–Crippen LogP) is 3.46. The summed E-state index contributed by atoms with van der Waals surface area (Å²) < 4.78 is 26.8. The minimum atomic E-state index is -3.90. The average molecular weight is 404 g/mol. The summed E-state index contributed by atoms with van der Waals surface area (Å²) in [6.07, 6.45) is 1.47. The molecule has 6 nitrogen and oxygen atoms in total. The lowest BCUT2D eigenvalue weighted by molar-refractivity contribution is -0.113. The Bertz CT molecular complexity index is 1090. The first-order chi connectivity index (χ1) is 12.8. The number of benzene rings is 2. The van der Waals surface area contributed by atoms with Gasteiger partial charge in [0.15, 0.2) is 0 Å². The van der Waals surface area contributed by atoms with Crippen LogP contribution in [0.5, 0.6) is 0 Å². The van der Waals surface area contributed by atoms with Crippen molar-refractivity contribution in [1.29, 1.82) is 0 Å². The smallest absolute Gasteiger partial charge is 0.240 e. The number of anilines is 1. The van der Waals surface area contributed by atoms with Crippen LogP contribution in [0.4, 0.5) is 5.69 Å². The van der Waals surface area contributed by atoms with E-state index >= 15 is 0 Å². The number of hydrogen-bond donors (Lipinski definition) is 1. The van der Waals surface area contributed by atoms with Gasteiger partial charge in [-0.25, -0.2) is 13.4 Å². The van der Waals surface area contributed by atoms with Gasteiger partial charge in [0.1, 0.15) is 5.75 Å². The molecule has 1 heterocycles. The van der Waals surface area contributed by atoms with Crippen molar-refractivity contribution >= 4 is 33.0 Å². The molecule has 0 aliphatic rings. The molecule has 140 valence electrons. The van der Waals surface area contributed by atoms with Crippen LogP contribution in [0.1, 0.15) is 5.56 Å². The van der Waals surface area contributed by atoms with Crippen LogP contribution in [-0.4, -0.2) is 29.6 Å². The minimum absolute atomic E-state index is 0.160. The summed E-state index contributed by atoms with van der Waals surface area (Å²) in [6, 6.07) is 14.1. The number of nitrogens with zero attached hydrogens (tertiary/aromatic N) is 2. The van der Waals surface area contributed by atoms with E-state index in [1.807, 2.05) is 13.0 Å². The Morgan fingerprint density at radius 2 is 1.89 bits per heavy atom. The monoisotopic (exact) mass is 403 g/mol. The zero-order valence-electron chi connectivity index (χ0n) is 14.8. The Labute approximate surface area is 162 Å². The lowest BCUT2D eigenvalue weighted by atomic mass is 10.2.